The highest BCUT2D eigenvalue weighted by Crippen LogP contribution is 2.36. The highest BCUT2D eigenvalue weighted by atomic mass is 32.2. The van der Waals surface area contributed by atoms with E-state index in [4.69, 9.17) is 14.2 Å². The number of amides is 1. The van der Waals surface area contributed by atoms with Crippen molar-refractivity contribution in [2.75, 3.05) is 42.2 Å². The third kappa shape index (κ3) is 7.37. The fourth-order valence-electron chi connectivity index (χ4n) is 4.05. The fraction of sp³-hybridized carbons (Fsp3) is 0.167. The molecule has 0 atom stereocenters. The lowest BCUT2D eigenvalue weighted by molar-refractivity contribution is -0.114. The lowest BCUT2D eigenvalue weighted by Gasteiger charge is -2.26. The van der Waals surface area contributed by atoms with Crippen LogP contribution < -0.4 is 28.6 Å². The van der Waals surface area contributed by atoms with Crippen LogP contribution in [0.5, 0.6) is 17.2 Å². The van der Waals surface area contributed by atoms with Gasteiger partial charge < -0.3 is 19.5 Å². The van der Waals surface area contributed by atoms with E-state index in [-0.39, 0.29) is 26.9 Å². The van der Waals surface area contributed by atoms with E-state index in [1.807, 2.05) is 6.92 Å². The average molecular weight is 626 g/mol. The monoisotopic (exact) mass is 625 g/mol. The summed E-state index contributed by atoms with van der Waals surface area (Å²) in [6.07, 6.45) is 0. The Bertz CT molecular complexity index is 1790. The van der Waals surface area contributed by atoms with Crippen molar-refractivity contribution in [3.05, 3.63) is 96.6 Å². The maximum absolute atomic E-state index is 13.8. The summed E-state index contributed by atoms with van der Waals surface area (Å²) in [6.45, 7) is 1.22. The van der Waals surface area contributed by atoms with Crippen LogP contribution in [0.4, 0.5) is 17.1 Å². The van der Waals surface area contributed by atoms with Gasteiger partial charge in [0.25, 0.3) is 20.0 Å². The van der Waals surface area contributed by atoms with E-state index in [2.05, 4.69) is 10.0 Å². The van der Waals surface area contributed by atoms with Gasteiger partial charge in [-0.3, -0.25) is 13.8 Å². The lowest BCUT2D eigenvalue weighted by atomic mass is 10.2. The van der Waals surface area contributed by atoms with Gasteiger partial charge >= 0.3 is 0 Å². The van der Waals surface area contributed by atoms with Gasteiger partial charge in [-0.2, -0.15) is 0 Å². The summed E-state index contributed by atoms with van der Waals surface area (Å²) in [6, 6.07) is 22.7. The van der Waals surface area contributed by atoms with Crippen LogP contribution in [0.2, 0.25) is 0 Å². The quantitative estimate of drug-likeness (QED) is 0.232. The molecule has 4 aromatic rings. The molecule has 4 aromatic carbocycles. The van der Waals surface area contributed by atoms with Crippen molar-refractivity contribution in [3.63, 3.8) is 0 Å². The standard InChI is InChI=1S/C30H31N3O8S2/c1-21-5-14-27(15-6-21)43(37,38)33(28-19-25(40-3)13-18-29(28)41-4)20-30(34)31-22-9-16-26(17-10-22)42(35,36)32-23-7-11-24(39-2)12-8-23/h5-19,32H,20H2,1-4H3,(H,31,34). The molecular weight excluding hydrogens is 594 g/mol. The van der Waals surface area contributed by atoms with Gasteiger partial charge in [0, 0.05) is 17.4 Å². The number of ether oxygens (including phenoxy) is 3. The van der Waals surface area contributed by atoms with E-state index in [1.54, 1.807) is 48.5 Å². The SMILES string of the molecule is COc1ccc(NS(=O)(=O)c2ccc(NC(=O)CN(c3cc(OC)ccc3OC)S(=O)(=O)c3ccc(C)cc3)cc2)cc1. The summed E-state index contributed by atoms with van der Waals surface area (Å²) in [4.78, 5) is 13.2. The predicted molar refractivity (Wildman–Crippen MR) is 164 cm³/mol. The van der Waals surface area contributed by atoms with Crippen molar-refractivity contribution in [2.24, 2.45) is 0 Å². The Labute approximate surface area is 251 Å². The molecular formula is C30H31N3O8S2. The topological polar surface area (TPSA) is 140 Å². The summed E-state index contributed by atoms with van der Waals surface area (Å²) < 4.78 is 72.5. The molecule has 0 unspecified atom stereocenters. The third-order valence-corrected chi connectivity index (χ3v) is 9.51. The molecule has 43 heavy (non-hydrogen) atoms. The highest BCUT2D eigenvalue weighted by molar-refractivity contribution is 7.93. The number of methoxy groups -OCH3 is 3. The Morgan fingerprint density at radius 2 is 1.26 bits per heavy atom. The molecule has 226 valence electrons. The number of carbonyl (C=O) groups excluding carboxylic acids is 1. The maximum Gasteiger partial charge on any atom is 0.264 e. The van der Waals surface area contributed by atoms with E-state index in [9.17, 15) is 21.6 Å². The maximum atomic E-state index is 13.8. The zero-order valence-electron chi connectivity index (χ0n) is 23.9. The molecule has 0 heterocycles. The Balaban J connectivity index is 1.58. The number of aryl methyl sites for hydroxylation is 1. The van der Waals surface area contributed by atoms with E-state index >= 15 is 0 Å². The van der Waals surface area contributed by atoms with Gasteiger partial charge in [0.15, 0.2) is 0 Å². The highest BCUT2D eigenvalue weighted by Gasteiger charge is 2.30. The molecule has 0 saturated heterocycles. The van der Waals surface area contributed by atoms with Crippen LogP contribution >= 0.6 is 0 Å². The minimum absolute atomic E-state index is 0.0188. The first-order valence-corrected chi connectivity index (χ1v) is 15.8. The average Bonchev–Trinajstić information content (AvgIpc) is 3.00. The molecule has 0 aromatic heterocycles. The van der Waals surface area contributed by atoms with Gasteiger partial charge in [-0.15, -0.1) is 0 Å². The molecule has 0 aliphatic carbocycles. The molecule has 13 heteroatoms. The van der Waals surface area contributed by atoms with Crippen molar-refractivity contribution in [1.29, 1.82) is 0 Å². The first-order chi connectivity index (χ1) is 20.5. The van der Waals surface area contributed by atoms with Gasteiger partial charge in [-0.1, -0.05) is 17.7 Å². The number of sulfonamides is 2. The molecule has 0 bridgehead atoms. The van der Waals surface area contributed by atoms with Crippen LogP contribution in [-0.4, -0.2) is 50.6 Å². The third-order valence-electron chi connectivity index (χ3n) is 6.34. The minimum Gasteiger partial charge on any atom is -0.497 e. The normalized spacial score (nSPS) is 11.3. The van der Waals surface area contributed by atoms with Gasteiger partial charge in [0.2, 0.25) is 5.91 Å². The van der Waals surface area contributed by atoms with Crippen LogP contribution in [0.1, 0.15) is 5.56 Å². The van der Waals surface area contributed by atoms with Gasteiger partial charge in [-0.25, -0.2) is 16.8 Å². The second-order valence-electron chi connectivity index (χ2n) is 9.27. The molecule has 4 rings (SSSR count). The molecule has 0 spiro atoms. The summed E-state index contributed by atoms with van der Waals surface area (Å²) in [7, 11) is -3.81. The first-order valence-electron chi connectivity index (χ1n) is 12.8. The van der Waals surface area contributed by atoms with Crippen LogP contribution in [0.3, 0.4) is 0 Å². The van der Waals surface area contributed by atoms with Crippen LogP contribution in [0.25, 0.3) is 0 Å². The Morgan fingerprint density at radius 1 is 0.698 bits per heavy atom. The van der Waals surface area contributed by atoms with E-state index in [1.165, 1.54) is 63.8 Å². The van der Waals surface area contributed by atoms with E-state index in [0.717, 1.165) is 9.87 Å². The molecule has 11 nitrogen and oxygen atoms in total. The second-order valence-corrected chi connectivity index (χ2v) is 12.8. The molecule has 0 fully saturated rings. The molecule has 1 amide bonds. The zero-order valence-corrected chi connectivity index (χ0v) is 25.5. The Kier molecular flexibility index (Phi) is 9.46. The number of nitrogens with one attached hydrogen (secondary N) is 2. The van der Waals surface area contributed by atoms with Crippen LogP contribution in [0, 0.1) is 6.92 Å². The Hall–Kier alpha value is -4.75. The summed E-state index contributed by atoms with van der Waals surface area (Å²) in [5, 5.41) is 2.64. The fourth-order valence-corrected chi connectivity index (χ4v) is 6.53. The van der Waals surface area contributed by atoms with Crippen molar-refractivity contribution in [1.82, 2.24) is 0 Å². The smallest absolute Gasteiger partial charge is 0.264 e. The molecule has 0 radical (unpaired) electrons. The molecule has 0 saturated carbocycles. The van der Waals surface area contributed by atoms with E-state index in [0.29, 0.717) is 17.2 Å². The number of hydrogen-bond acceptors (Lipinski definition) is 8. The molecule has 0 aliphatic rings. The van der Waals surface area contributed by atoms with Crippen molar-refractivity contribution in [2.45, 2.75) is 16.7 Å². The lowest BCUT2D eigenvalue weighted by Crippen LogP contribution is -2.38. The number of nitrogens with zero attached hydrogens (tertiary/aromatic N) is 1. The zero-order chi connectivity index (χ0) is 31.2. The van der Waals surface area contributed by atoms with Crippen LogP contribution in [-0.2, 0) is 24.8 Å². The van der Waals surface area contributed by atoms with Crippen molar-refractivity contribution >= 4 is 43.0 Å². The summed E-state index contributed by atoms with van der Waals surface area (Å²) in [5.41, 5.74) is 1.58. The van der Waals surface area contributed by atoms with Gasteiger partial charge in [0.05, 0.1) is 36.8 Å². The number of benzene rings is 4. The van der Waals surface area contributed by atoms with Crippen molar-refractivity contribution < 1.29 is 35.8 Å². The number of carbonyl (C=O) groups is 1. The van der Waals surface area contributed by atoms with Gasteiger partial charge in [0.1, 0.15) is 23.8 Å². The van der Waals surface area contributed by atoms with E-state index < -0.39 is 32.5 Å². The minimum atomic E-state index is -4.23. The molecule has 0 aliphatic heterocycles. The largest absolute Gasteiger partial charge is 0.497 e. The summed E-state index contributed by atoms with van der Waals surface area (Å²) >= 11 is 0. The van der Waals surface area contributed by atoms with Crippen molar-refractivity contribution in [3.8, 4) is 17.2 Å². The van der Waals surface area contributed by atoms with Gasteiger partial charge in [-0.05, 0) is 79.7 Å². The second kappa shape index (κ2) is 13.0. The molecule has 2 N–H and O–H groups in total. The summed E-state index contributed by atoms with van der Waals surface area (Å²) in [5.74, 6) is 0.481. The van der Waals surface area contributed by atoms with Crippen LogP contribution in [0.15, 0.2) is 101 Å². The number of anilines is 3. The number of rotatable bonds is 12. The number of hydrogen-bond donors (Lipinski definition) is 2. The predicted octanol–water partition coefficient (Wildman–Crippen LogP) is 4.66. The Morgan fingerprint density at radius 3 is 1.84 bits per heavy atom. The first kappa shape index (κ1) is 31.2.